The Labute approximate surface area is 121 Å². The predicted molar refractivity (Wildman–Crippen MR) is 81.2 cm³/mol. The first-order valence-electron chi connectivity index (χ1n) is 7.35. The van der Waals surface area contributed by atoms with E-state index in [0.717, 1.165) is 29.5 Å². The summed E-state index contributed by atoms with van der Waals surface area (Å²) >= 11 is 0. The molecule has 112 valence electrons. The van der Waals surface area contributed by atoms with Crippen LogP contribution in [0.1, 0.15) is 31.4 Å². The summed E-state index contributed by atoms with van der Waals surface area (Å²) in [4.78, 5) is 0. The first-order chi connectivity index (χ1) is 9.69. The van der Waals surface area contributed by atoms with Crippen LogP contribution in [-0.2, 0) is 0 Å². The molecule has 20 heavy (non-hydrogen) atoms. The lowest BCUT2D eigenvalue weighted by atomic mass is 10.0. The number of nitrogens with one attached hydrogen (secondary N) is 1. The number of rotatable bonds is 8. The highest BCUT2D eigenvalue weighted by molar-refractivity contribution is 5.42. The fourth-order valence-corrected chi connectivity index (χ4v) is 2.59. The zero-order valence-electron chi connectivity index (χ0n) is 12.7. The van der Waals surface area contributed by atoms with Crippen molar-refractivity contribution in [3.05, 3.63) is 23.8 Å². The molecule has 1 aromatic rings. The molecule has 0 aromatic heterocycles. The zero-order valence-corrected chi connectivity index (χ0v) is 12.7. The van der Waals surface area contributed by atoms with E-state index in [1.807, 2.05) is 18.2 Å². The van der Waals surface area contributed by atoms with Crippen LogP contribution in [0.3, 0.4) is 0 Å². The molecule has 4 nitrogen and oxygen atoms in total. The van der Waals surface area contributed by atoms with Crippen LogP contribution < -0.4 is 20.5 Å². The number of benzene rings is 1. The van der Waals surface area contributed by atoms with E-state index in [1.165, 1.54) is 12.8 Å². The lowest BCUT2D eigenvalue weighted by Gasteiger charge is -2.22. The van der Waals surface area contributed by atoms with E-state index < -0.39 is 0 Å². The molecule has 0 amide bonds. The summed E-state index contributed by atoms with van der Waals surface area (Å²) in [6, 6.07) is 5.94. The van der Waals surface area contributed by atoms with Crippen molar-refractivity contribution < 1.29 is 9.47 Å². The average Bonchev–Trinajstić information content (AvgIpc) is 3.32. The Morgan fingerprint density at radius 1 is 1.30 bits per heavy atom. The molecule has 2 atom stereocenters. The van der Waals surface area contributed by atoms with Gasteiger partial charge in [0.05, 0.1) is 14.2 Å². The van der Waals surface area contributed by atoms with Crippen LogP contribution in [0.2, 0.25) is 0 Å². The lowest BCUT2D eigenvalue weighted by molar-refractivity contribution is 0.380. The average molecular weight is 278 g/mol. The van der Waals surface area contributed by atoms with E-state index in [0.29, 0.717) is 12.5 Å². The van der Waals surface area contributed by atoms with Gasteiger partial charge in [-0.05, 0) is 49.4 Å². The van der Waals surface area contributed by atoms with E-state index >= 15 is 0 Å². The van der Waals surface area contributed by atoms with Gasteiger partial charge in [0.1, 0.15) is 11.5 Å². The summed E-state index contributed by atoms with van der Waals surface area (Å²) in [7, 11) is 3.36. The topological polar surface area (TPSA) is 56.5 Å². The van der Waals surface area contributed by atoms with Crippen LogP contribution >= 0.6 is 0 Å². The third kappa shape index (κ3) is 3.64. The van der Waals surface area contributed by atoms with Crippen molar-refractivity contribution in [1.29, 1.82) is 0 Å². The smallest absolute Gasteiger partial charge is 0.123 e. The lowest BCUT2D eigenvalue weighted by Crippen LogP contribution is -2.32. The monoisotopic (exact) mass is 278 g/mol. The maximum atomic E-state index is 5.94. The third-order valence-corrected chi connectivity index (χ3v) is 4.16. The molecule has 1 aliphatic carbocycles. The van der Waals surface area contributed by atoms with Crippen molar-refractivity contribution in [2.45, 2.75) is 25.8 Å². The van der Waals surface area contributed by atoms with E-state index in [4.69, 9.17) is 15.2 Å². The Balaban J connectivity index is 2.08. The van der Waals surface area contributed by atoms with Crippen molar-refractivity contribution in [1.82, 2.24) is 5.32 Å². The fraction of sp³-hybridized carbons (Fsp3) is 0.625. The Morgan fingerprint density at radius 2 is 2.05 bits per heavy atom. The van der Waals surface area contributed by atoms with Gasteiger partial charge in [-0.1, -0.05) is 6.92 Å². The van der Waals surface area contributed by atoms with E-state index in [9.17, 15) is 0 Å². The second-order valence-electron chi connectivity index (χ2n) is 5.62. The summed E-state index contributed by atoms with van der Waals surface area (Å²) in [5.41, 5.74) is 7.01. The minimum absolute atomic E-state index is 0.0984. The van der Waals surface area contributed by atoms with Gasteiger partial charge in [-0.2, -0.15) is 0 Å². The van der Waals surface area contributed by atoms with Gasteiger partial charge in [-0.3, -0.25) is 0 Å². The first-order valence-corrected chi connectivity index (χ1v) is 7.35. The molecule has 0 heterocycles. The molecule has 2 unspecified atom stereocenters. The predicted octanol–water partition coefficient (Wildman–Crippen LogP) is 2.34. The van der Waals surface area contributed by atoms with Crippen LogP contribution in [0.4, 0.5) is 0 Å². The summed E-state index contributed by atoms with van der Waals surface area (Å²) < 4.78 is 10.7. The van der Waals surface area contributed by atoms with Crippen LogP contribution in [-0.4, -0.2) is 27.3 Å². The second-order valence-corrected chi connectivity index (χ2v) is 5.62. The minimum Gasteiger partial charge on any atom is -0.497 e. The molecule has 1 saturated carbocycles. The number of methoxy groups -OCH3 is 2. The number of ether oxygens (including phenoxy) is 2. The van der Waals surface area contributed by atoms with E-state index in [-0.39, 0.29) is 6.04 Å². The molecule has 0 aliphatic heterocycles. The number of nitrogens with two attached hydrogens (primary N) is 1. The molecular weight excluding hydrogens is 252 g/mol. The summed E-state index contributed by atoms with van der Waals surface area (Å²) in [5, 5.41) is 3.57. The highest BCUT2D eigenvalue weighted by Gasteiger charge is 2.28. The quantitative estimate of drug-likeness (QED) is 0.766. The Kier molecular flexibility index (Phi) is 5.26. The molecule has 0 spiro atoms. The Morgan fingerprint density at radius 3 is 2.60 bits per heavy atom. The summed E-state index contributed by atoms with van der Waals surface area (Å²) in [6.45, 7) is 3.84. The molecule has 0 saturated heterocycles. The van der Waals surface area contributed by atoms with Gasteiger partial charge < -0.3 is 20.5 Å². The van der Waals surface area contributed by atoms with Gasteiger partial charge in [0.2, 0.25) is 0 Å². The SMILES string of the molecule is COc1ccc(OC)c(C(CN)NCC(C)C2CC2)c1. The molecule has 1 fully saturated rings. The van der Waals surface area contributed by atoms with Crippen molar-refractivity contribution in [2.75, 3.05) is 27.3 Å². The van der Waals surface area contributed by atoms with Gasteiger partial charge in [0.15, 0.2) is 0 Å². The van der Waals surface area contributed by atoms with Crippen LogP contribution in [0, 0.1) is 11.8 Å². The van der Waals surface area contributed by atoms with Crippen molar-refractivity contribution in [2.24, 2.45) is 17.6 Å². The van der Waals surface area contributed by atoms with Gasteiger partial charge in [-0.15, -0.1) is 0 Å². The van der Waals surface area contributed by atoms with Crippen LogP contribution in [0.25, 0.3) is 0 Å². The summed E-state index contributed by atoms with van der Waals surface area (Å²) in [6.07, 6.45) is 2.75. The molecule has 3 N–H and O–H groups in total. The maximum Gasteiger partial charge on any atom is 0.123 e. The molecular formula is C16H26N2O2. The fourth-order valence-electron chi connectivity index (χ4n) is 2.59. The standard InChI is InChI=1S/C16H26N2O2/c1-11(12-4-5-12)10-18-15(9-17)14-8-13(19-2)6-7-16(14)20-3/h6-8,11-12,15,18H,4-5,9-10,17H2,1-3H3. The van der Waals surface area contributed by atoms with Crippen molar-refractivity contribution in [3.8, 4) is 11.5 Å². The van der Waals surface area contributed by atoms with Crippen molar-refractivity contribution in [3.63, 3.8) is 0 Å². The number of hydrogen-bond acceptors (Lipinski definition) is 4. The van der Waals surface area contributed by atoms with Crippen molar-refractivity contribution >= 4 is 0 Å². The largest absolute Gasteiger partial charge is 0.497 e. The van der Waals surface area contributed by atoms with Gasteiger partial charge in [0, 0.05) is 18.2 Å². The summed E-state index contributed by atoms with van der Waals surface area (Å²) in [5.74, 6) is 3.29. The van der Waals surface area contributed by atoms with Crippen LogP contribution in [0.15, 0.2) is 18.2 Å². The third-order valence-electron chi connectivity index (χ3n) is 4.16. The Hall–Kier alpha value is -1.26. The highest BCUT2D eigenvalue weighted by atomic mass is 16.5. The normalized spacial score (nSPS) is 17.6. The Bertz CT molecular complexity index is 432. The van der Waals surface area contributed by atoms with Gasteiger partial charge in [0.25, 0.3) is 0 Å². The zero-order chi connectivity index (χ0) is 14.5. The van der Waals surface area contributed by atoms with Gasteiger partial charge >= 0.3 is 0 Å². The van der Waals surface area contributed by atoms with Crippen LogP contribution in [0.5, 0.6) is 11.5 Å². The maximum absolute atomic E-state index is 5.94. The minimum atomic E-state index is 0.0984. The molecule has 0 radical (unpaired) electrons. The number of hydrogen-bond donors (Lipinski definition) is 2. The molecule has 0 bridgehead atoms. The highest BCUT2D eigenvalue weighted by Crippen LogP contribution is 2.36. The van der Waals surface area contributed by atoms with E-state index in [1.54, 1.807) is 14.2 Å². The molecule has 1 aromatic carbocycles. The molecule has 2 rings (SSSR count). The molecule has 1 aliphatic rings. The molecule has 4 heteroatoms. The van der Waals surface area contributed by atoms with E-state index in [2.05, 4.69) is 12.2 Å². The van der Waals surface area contributed by atoms with Gasteiger partial charge in [-0.25, -0.2) is 0 Å². The second kappa shape index (κ2) is 6.95. The first kappa shape index (κ1) is 15.1.